The zero-order valence-electron chi connectivity index (χ0n) is 16.2. The van der Waals surface area contributed by atoms with Crippen molar-refractivity contribution in [2.75, 3.05) is 43.1 Å². The molecule has 2 aliphatic rings. The lowest BCUT2D eigenvalue weighted by molar-refractivity contribution is -0.137. The molecule has 2 N–H and O–H groups in total. The highest BCUT2D eigenvalue weighted by atomic mass is 32.2. The van der Waals surface area contributed by atoms with Gasteiger partial charge in [-0.15, -0.1) is 5.10 Å². The fraction of sp³-hybridized carbons (Fsp3) is 0.471. The van der Waals surface area contributed by atoms with E-state index in [0.717, 1.165) is 6.07 Å². The maximum Gasteiger partial charge on any atom is 0.419 e. The molecule has 0 spiro atoms. The van der Waals surface area contributed by atoms with Gasteiger partial charge in [-0.05, 0) is 17.9 Å². The number of aromatic nitrogens is 4. The second kappa shape index (κ2) is 6.77. The van der Waals surface area contributed by atoms with Gasteiger partial charge in [0.05, 0.1) is 23.7 Å². The molecule has 2 fully saturated rings. The molecule has 166 valence electrons. The summed E-state index contributed by atoms with van der Waals surface area (Å²) in [4.78, 5) is 10.6. The van der Waals surface area contributed by atoms with Gasteiger partial charge in [-0.3, -0.25) is 0 Å². The Labute approximate surface area is 179 Å². The Hall–Kier alpha value is -2.45. The van der Waals surface area contributed by atoms with E-state index in [1.165, 1.54) is 38.8 Å². The van der Waals surface area contributed by atoms with Gasteiger partial charge >= 0.3 is 6.18 Å². The van der Waals surface area contributed by atoms with Crippen molar-refractivity contribution in [3.8, 4) is 11.3 Å². The lowest BCUT2D eigenvalue weighted by Gasteiger charge is -2.19. The third kappa shape index (κ3) is 3.51. The van der Waals surface area contributed by atoms with E-state index in [4.69, 9.17) is 5.73 Å². The van der Waals surface area contributed by atoms with E-state index < -0.39 is 27.6 Å². The lowest BCUT2D eigenvalue weighted by atomic mass is 10.0. The van der Waals surface area contributed by atoms with E-state index in [2.05, 4.69) is 20.0 Å². The van der Waals surface area contributed by atoms with Crippen LogP contribution < -0.4 is 10.6 Å². The molecular formula is C17H18F3N7O2S2. The fourth-order valence-electron chi connectivity index (χ4n) is 4.23. The molecule has 9 nitrogen and oxygen atoms in total. The summed E-state index contributed by atoms with van der Waals surface area (Å²) in [6.45, 7) is 2.32. The highest BCUT2D eigenvalue weighted by Gasteiger charge is 2.43. The van der Waals surface area contributed by atoms with Gasteiger partial charge in [0.25, 0.3) is 0 Å². The molecule has 3 aromatic heterocycles. The van der Waals surface area contributed by atoms with Gasteiger partial charge in [-0.2, -0.15) is 13.2 Å². The number of nitrogen functional groups attached to an aromatic ring is 1. The van der Waals surface area contributed by atoms with Crippen molar-refractivity contribution in [2.24, 2.45) is 11.8 Å². The molecule has 5 rings (SSSR count). The number of halogens is 3. The van der Waals surface area contributed by atoms with Crippen LogP contribution in [0.15, 0.2) is 18.5 Å². The quantitative estimate of drug-likeness (QED) is 0.618. The van der Waals surface area contributed by atoms with E-state index >= 15 is 0 Å². The number of alkyl halides is 3. The molecular weight excluding hydrogens is 455 g/mol. The van der Waals surface area contributed by atoms with Crippen LogP contribution in [0.25, 0.3) is 16.2 Å². The van der Waals surface area contributed by atoms with E-state index in [1.807, 2.05) is 0 Å². The molecule has 0 aromatic carbocycles. The first-order valence-electron chi connectivity index (χ1n) is 9.38. The minimum absolute atomic E-state index is 0.216. The summed E-state index contributed by atoms with van der Waals surface area (Å²) < 4.78 is 66.2. The first-order valence-corrected chi connectivity index (χ1v) is 12.0. The molecule has 2 aliphatic heterocycles. The summed E-state index contributed by atoms with van der Waals surface area (Å²) in [5.41, 5.74) is 5.00. The van der Waals surface area contributed by atoms with E-state index in [9.17, 15) is 21.6 Å². The average Bonchev–Trinajstić information content (AvgIpc) is 3.38. The van der Waals surface area contributed by atoms with Crippen molar-refractivity contribution in [3.05, 3.63) is 24.0 Å². The predicted octanol–water partition coefficient (Wildman–Crippen LogP) is 1.78. The number of pyridine rings is 1. The first kappa shape index (κ1) is 20.5. The van der Waals surface area contributed by atoms with E-state index in [1.54, 1.807) is 0 Å². The van der Waals surface area contributed by atoms with Crippen molar-refractivity contribution >= 4 is 37.3 Å². The molecule has 0 saturated carbocycles. The van der Waals surface area contributed by atoms with Crippen molar-refractivity contribution in [1.29, 1.82) is 0 Å². The largest absolute Gasteiger partial charge is 0.419 e. The molecule has 0 bridgehead atoms. The van der Waals surface area contributed by atoms with Crippen LogP contribution in [-0.2, 0) is 16.2 Å². The maximum absolute atomic E-state index is 13.2. The second-order valence-corrected chi connectivity index (χ2v) is 10.8. The molecule has 3 aromatic rings. The SMILES string of the molecule is CS(=O)(=O)N1CC2CN(c3nn4c(-c5cnc(N)c(C(F)(F)F)c5)cnc4s3)CC2C1. The zero-order chi connectivity index (χ0) is 22.1. The van der Waals surface area contributed by atoms with Gasteiger partial charge < -0.3 is 10.6 Å². The van der Waals surface area contributed by atoms with Gasteiger partial charge in [0, 0.05) is 37.9 Å². The molecule has 2 saturated heterocycles. The lowest BCUT2D eigenvalue weighted by Crippen LogP contribution is -2.32. The van der Waals surface area contributed by atoms with Crippen molar-refractivity contribution in [2.45, 2.75) is 6.18 Å². The number of nitrogens with two attached hydrogens (primary N) is 1. The minimum Gasteiger partial charge on any atom is -0.383 e. The number of imidazole rings is 1. The van der Waals surface area contributed by atoms with Crippen LogP contribution in [0.1, 0.15) is 5.56 Å². The average molecular weight is 474 g/mol. The van der Waals surface area contributed by atoms with Gasteiger partial charge in [-0.25, -0.2) is 27.2 Å². The fourth-order valence-corrected chi connectivity index (χ4v) is 6.05. The number of hydrogen-bond acceptors (Lipinski definition) is 8. The van der Waals surface area contributed by atoms with Crippen LogP contribution >= 0.6 is 11.3 Å². The Balaban J connectivity index is 1.42. The summed E-state index contributed by atoms with van der Waals surface area (Å²) >= 11 is 1.34. The number of rotatable bonds is 3. The van der Waals surface area contributed by atoms with Gasteiger partial charge in [0.15, 0.2) is 0 Å². The highest BCUT2D eigenvalue weighted by molar-refractivity contribution is 7.88. The molecule has 14 heteroatoms. The van der Waals surface area contributed by atoms with Crippen LogP contribution in [0.2, 0.25) is 0 Å². The normalized spacial score (nSPS) is 22.5. The van der Waals surface area contributed by atoms with Gasteiger partial charge in [0.1, 0.15) is 5.82 Å². The standard InChI is InChI=1S/C17H18F3N7O2S2/c1-31(28,29)26-7-10-5-25(6-11(10)8-26)16-24-27-13(4-23-15(27)30-16)9-2-12(17(18,19)20)14(21)22-3-9/h2-4,10-11H,5-8H2,1H3,(H2,21,22). The van der Waals surface area contributed by atoms with Gasteiger partial charge in [0.2, 0.25) is 20.1 Å². The van der Waals surface area contributed by atoms with Gasteiger partial charge in [-0.1, -0.05) is 11.3 Å². The summed E-state index contributed by atoms with van der Waals surface area (Å²) in [7, 11) is -3.20. The molecule has 0 amide bonds. The zero-order valence-corrected chi connectivity index (χ0v) is 17.9. The Morgan fingerprint density at radius 1 is 1.13 bits per heavy atom. The Kier molecular flexibility index (Phi) is 4.47. The topological polar surface area (TPSA) is 110 Å². The third-order valence-electron chi connectivity index (χ3n) is 5.79. The number of anilines is 2. The molecule has 2 unspecified atom stereocenters. The second-order valence-electron chi connectivity index (χ2n) is 7.88. The molecule has 0 aliphatic carbocycles. The van der Waals surface area contributed by atoms with Crippen LogP contribution in [0.3, 0.4) is 0 Å². The summed E-state index contributed by atoms with van der Waals surface area (Å²) in [6.07, 6.45) is -0.664. The highest BCUT2D eigenvalue weighted by Crippen LogP contribution is 2.38. The third-order valence-corrected chi connectivity index (χ3v) is 8.01. The Bertz CT molecular complexity index is 1260. The van der Waals surface area contributed by atoms with Crippen molar-refractivity contribution < 1.29 is 21.6 Å². The monoisotopic (exact) mass is 473 g/mol. The van der Waals surface area contributed by atoms with Crippen LogP contribution in [0, 0.1) is 11.8 Å². The number of fused-ring (bicyclic) bond motifs is 2. The molecule has 2 atom stereocenters. The maximum atomic E-state index is 13.2. The summed E-state index contributed by atoms with van der Waals surface area (Å²) in [6, 6.07) is 0.949. The van der Waals surface area contributed by atoms with Crippen molar-refractivity contribution in [1.82, 2.24) is 23.9 Å². The molecule has 0 radical (unpaired) electrons. The first-order chi connectivity index (χ1) is 14.5. The van der Waals surface area contributed by atoms with E-state index in [-0.39, 0.29) is 17.4 Å². The van der Waals surface area contributed by atoms with Crippen molar-refractivity contribution in [3.63, 3.8) is 0 Å². The predicted molar refractivity (Wildman–Crippen MR) is 109 cm³/mol. The minimum atomic E-state index is -4.61. The molecule has 5 heterocycles. The Morgan fingerprint density at radius 3 is 2.42 bits per heavy atom. The van der Waals surface area contributed by atoms with Crippen LogP contribution in [-0.4, -0.2) is 64.7 Å². The van der Waals surface area contributed by atoms with Crippen LogP contribution in [0.5, 0.6) is 0 Å². The number of hydrogen-bond donors (Lipinski definition) is 1. The summed E-state index contributed by atoms with van der Waals surface area (Å²) in [5, 5.41) is 5.27. The smallest absolute Gasteiger partial charge is 0.383 e. The molecule has 31 heavy (non-hydrogen) atoms. The van der Waals surface area contributed by atoms with E-state index in [0.29, 0.717) is 42.0 Å². The Morgan fingerprint density at radius 2 is 1.81 bits per heavy atom. The van der Waals surface area contributed by atoms with Crippen LogP contribution in [0.4, 0.5) is 24.1 Å². The number of sulfonamides is 1. The summed E-state index contributed by atoms with van der Waals surface area (Å²) in [5.74, 6) is -0.134. The number of nitrogens with zero attached hydrogens (tertiary/aromatic N) is 6.